The second-order valence-corrected chi connectivity index (χ2v) is 5.80. The van der Waals surface area contributed by atoms with Crippen molar-refractivity contribution in [3.63, 3.8) is 0 Å². The predicted octanol–water partition coefficient (Wildman–Crippen LogP) is 4.12. The molecule has 4 rings (SSSR count). The molecule has 1 aromatic heterocycles. The van der Waals surface area contributed by atoms with Crippen molar-refractivity contribution in [2.45, 2.75) is 31.6 Å². The van der Waals surface area contributed by atoms with Gasteiger partial charge in [0.15, 0.2) is 0 Å². The van der Waals surface area contributed by atoms with Gasteiger partial charge in [0.1, 0.15) is 11.3 Å². The Bertz CT molecular complexity index is 563. The Labute approximate surface area is 105 Å². The first kappa shape index (κ1) is 9.95. The van der Waals surface area contributed by atoms with Crippen molar-refractivity contribution in [3.05, 3.63) is 29.0 Å². The largest absolute Gasteiger partial charge is 0.342 e. The number of fused-ring (bicyclic) bond motifs is 2. The third-order valence-electron chi connectivity index (χ3n) is 4.45. The summed E-state index contributed by atoms with van der Waals surface area (Å²) in [7, 11) is 0. The van der Waals surface area contributed by atoms with E-state index in [1.807, 2.05) is 12.1 Å². The highest BCUT2D eigenvalue weighted by atomic mass is 35.5. The highest BCUT2D eigenvalue weighted by Crippen LogP contribution is 2.60. The Morgan fingerprint density at radius 3 is 2.65 bits per heavy atom. The zero-order valence-electron chi connectivity index (χ0n) is 9.62. The molecule has 17 heavy (non-hydrogen) atoms. The summed E-state index contributed by atoms with van der Waals surface area (Å²) in [5, 5.41) is 0.758. The van der Waals surface area contributed by atoms with Gasteiger partial charge in [-0.3, -0.25) is 0 Å². The molecular formula is C14H15ClN2. The Hall–Kier alpha value is -1.02. The minimum Gasteiger partial charge on any atom is -0.342 e. The van der Waals surface area contributed by atoms with E-state index in [9.17, 15) is 0 Å². The smallest absolute Gasteiger partial charge is 0.111 e. The first-order valence-electron chi connectivity index (χ1n) is 6.49. The number of hydrogen-bond donors (Lipinski definition) is 1. The fourth-order valence-electron chi connectivity index (χ4n) is 3.57. The molecule has 2 aliphatic carbocycles. The number of aromatic nitrogens is 2. The van der Waals surface area contributed by atoms with Crippen molar-refractivity contribution in [2.24, 2.45) is 11.8 Å². The van der Waals surface area contributed by atoms with Crippen molar-refractivity contribution >= 4 is 22.6 Å². The molecule has 0 bridgehead atoms. The van der Waals surface area contributed by atoms with Crippen LogP contribution in [0.1, 0.15) is 37.4 Å². The maximum Gasteiger partial charge on any atom is 0.111 e. The lowest BCUT2D eigenvalue weighted by atomic mass is 10.0. The molecule has 2 nitrogen and oxygen atoms in total. The van der Waals surface area contributed by atoms with E-state index in [1.165, 1.54) is 31.5 Å². The number of nitrogens with one attached hydrogen (secondary N) is 1. The summed E-state index contributed by atoms with van der Waals surface area (Å²) >= 11 is 6.17. The Balaban J connectivity index is 1.75. The van der Waals surface area contributed by atoms with Crippen molar-refractivity contribution in [1.29, 1.82) is 0 Å². The Kier molecular flexibility index (Phi) is 2.04. The van der Waals surface area contributed by atoms with Gasteiger partial charge in [0.2, 0.25) is 0 Å². The highest BCUT2D eigenvalue weighted by Gasteiger charge is 2.52. The molecule has 88 valence electrons. The quantitative estimate of drug-likeness (QED) is 0.806. The van der Waals surface area contributed by atoms with Gasteiger partial charge in [-0.25, -0.2) is 4.98 Å². The third kappa shape index (κ3) is 1.43. The molecule has 0 aliphatic heterocycles. The van der Waals surface area contributed by atoms with Crippen molar-refractivity contribution in [3.8, 4) is 0 Å². The molecule has 1 N–H and O–H groups in total. The Morgan fingerprint density at radius 1 is 1.18 bits per heavy atom. The molecule has 2 saturated carbocycles. The lowest BCUT2D eigenvalue weighted by Crippen LogP contribution is -1.91. The van der Waals surface area contributed by atoms with E-state index in [0.29, 0.717) is 5.92 Å². The van der Waals surface area contributed by atoms with Gasteiger partial charge in [-0.2, -0.15) is 0 Å². The van der Waals surface area contributed by atoms with E-state index in [1.54, 1.807) is 0 Å². The molecule has 2 aromatic rings. The third-order valence-corrected chi connectivity index (χ3v) is 4.76. The van der Waals surface area contributed by atoms with Gasteiger partial charge in [0.05, 0.1) is 10.5 Å². The van der Waals surface area contributed by atoms with Gasteiger partial charge in [0.25, 0.3) is 0 Å². The maximum atomic E-state index is 6.17. The zero-order valence-corrected chi connectivity index (χ0v) is 10.4. The summed E-state index contributed by atoms with van der Waals surface area (Å²) in [6.07, 6.45) is 5.58. The maximum absolute atomic E-state index is 6.17. The molecule has 3 heteroatoms. The van der Waals surface area contributed by atoms with Crippen LogP contribution in [0.25, 0.3) is 11.0 Å². The summed E-state index contributed by atoms with van der Waals surface area (Å²) in [6, 6.07) is 5.95. The van der Waals surface area contributed by atoms with Crippen LogP contribution < -0.4 is 0 Å². The number of halogens is 1. The van der Waals surface area contributed by atoms with Gasteiger partial charge in [-0.15, -0.1) is 0 Å². The average Bonchev–Trinajstić information content (AvgIpc) is 2.91. The van der Waals surface area contributed by atoms with E-state index in [0.717, 1.165) is 27.9 Å². The molecule has 0 saturated heterocycles. The molecule has 1 aromatic carbocycles. The van der Waals surface area contributed by atoms with Crippen LogP contribution in [0.4, 0.5) is 0 Å². The number of nitrogens with zero attached hydrogens (tertiary/aromatic N) is 1. The average molecular weight is 247 g/mol. The van der Waals surface area contributed by atoms with Gasteiger partial charge in [-0.05, 0) is 36.8 Å². The lowest BCUT2D eigenvalue weighted by Gasteiger charge is -2.04. The summed E-state index contributed by atoms with van der Waals surface area (Å²) in [6.45, 7) is 0. The number of H-pyrrole nitrogens is 1. The van der Waals surface area contributed by atoms with Crippen LogP contribution in [0.2, 0.25) is 5.02 Å². The van der Waals surface area contributed by atoms with Gasteiger partial charge >= 0.3 is 0 Å². The molecule has 0 radical (unpaired) electrons. The van der Waals surface area contributed by atoms with Gasteiger partial charge in [0, 0.05) is 5.92 Å². The molecule has 0 spiro atoms. The van der Waals surface area contributed by atoms with Crippen molar-refractivity contribution in [2.75, 3.05) is 0 Å². The minimum atomic E-state index is 0.681. The van der Waals surface area contributed by atoms with E-state index in [4.69, 9.17) is 16.6 Å². The highest BCUT2D eigenvalue weighted by molar-refractivity contribution is 6.34. The molecular weight excluding hydrogens is 232 g/mol. The second kappa shape index (κ2) is 3.49. The zero-order chi connectivity index (χ0) is 11.4. The molecule has 2 atom stereocenters. The first-order valence-corrected chi connectivity index (χ1v) is 6.86. The van der Waals surface area contributed by atoms with Crippen LogP contribution in [0.5, 0.6) is 0 Å². The van der Waals surface area contributed by atoms with Gasteiger partial charge in [-0.1, -0.05) is 30.5 Å². The number of para-hydroxylation sites is 1. The van der Waals surface area contributed by atoms with Crippen LogP contribution in [-0.2, 0) is 0 Å². The second-order valence-electron chi connectivity index (χ2n) is 5.40. The van der Waals surface area contributed by atoms with E-state index < -0.39 is 0 Å². The summed E-state index contributed by atoms with van der Waals surface area (Å²) in [4.78, 5) is 8.17. The Morgan fingerprint density at radius 2 is 1.94 bits per heavy atom. The summed E-state index contributed by atoms with van der Waals surface area (Å²) < 4.78 is 0. The first-order chi connectivity index (χ1) is 8.34. The van der Waals surface area contributed by atoms with Crippen LogP contribution >= 0.6 is 11.6 Å². The predicted molar refractivity (Wildman–Crippen MR) is 69.3 cm³/mol. The van der Waals surface area contributed by atoms with Crippen LogP contribution in [0, 0.1) is 11.8 Å². The molecule has 1 heterocycles. The number of rotatable bonds is 1. The standard InChI is InChI=1S/C14H15ClN2/c15-10-6-3-7-11-13(10)17-14(16-11)12-8-4-1-2-5-9(8)12/h3,6-9,12H,1-2,4-5H2,(H,16,17). The number of aromatic amines is 1. The van der Waals surface area contributed by atoms with E-state index >= 15 is 0 Å². The number of benzene rings is 1. The SMILES string of the molecule is Clc1cccc2[nH]c(C3C4CCCCC43)nc12. The summed E-state index contributed by atoms with van der Waals surface area (Å²) in [5.74, 6) is 3.64. The molecule has 2 fully saturated rings. The number of imidazole rings is 1. The lowest BCUT2D eigenvalue weighted by molar-refractivity contribution is 0.480. The molecule has 0 amide bonds. The van der Waals surface area contributed by atoms with Crippen LogP contribution in [-0.4, -0.2) is 9.97 Å². The van der Waals surface area contributed by atoms with Gasteiger partial charge < -0.3 is 4.98 Å². The molecule has 2 unspecified atom stereocenters. The molecule has 2 aliphatic rings. The van der Waals surface area contributed by atoms with E-state index in [2.05, 4.69) is 11.1 Å². The van der Waals surface area contributed by atoms with Crippen molar-refractivity contribution < 1.29 is 0 Å². The monoisotopic (exact) mass is 246 g/mol. The van der Waals surface area contributed by atoms with Crippen LogP contribution in [0.3, 0.4) is 0 Å². The summed E-state index contributed by atoms with van der Waals surface area (Å²) in [5.41, 5.74) is 2.02. The fourth-order valence-corrected chi connectivity index (χ4v) is 3.79. The minimum absolute atomic E-state index is 0.681. The fraction of sp³-hybridized carbons (Fsp3) is 0.500. The van der Waals surface area contributed by atoms with Crippen molar-refractivity contribution in [1.82, 2.24) is 9.97 Å². The normalized spacial score (nSPS) is 31.5. The van der Waals surface area contributed by atoms with Crippen LogP contribution in [0.15, 0.2) is 18.2 Å². The van der Waals surface area contributed by atoms with E-state index in [-0.39, 0.29) is 0 Å². The number of hydrogen-bond acceptors (Lipinski definition) is 1. The topological polar surface area (TPSA) is 28.7 Å².